The van der Waals surface area contributed by atoms with Gasteiger partial charge < -0.3 is 23.2 Å². The monoisotopic (exact) mass is 798 g/mol. The lowest BCUT2D eigenvalue weighted by Crippen LogP contribution is -2.48. The third-order valence-corrected chi connectivity index (χ3v) is 24.8. The summed E-state index contributed by atoms with van der Waals surface area (Å²) >= 11 is 0. The molecule has 0 N–H and O–H groups in total. The van der Waals surface area contributed by atoms with Gasteiger partial charge >= 0.3 is 0 Å². The molecule has 1 saturated heterocycles. The summed E-state index contributed by atoms with van der Waals surface area (Å²) < 4.78 is 27.0. The van der Waals surface area contributed by atoms with Crippen LogP contribution in [0.3, 0.4) is 0 Å². The molecule has 8 heteroatoms. The molecule has 1 heterocycles. The number of fused-ring (bicyclic) bond motifs is 1. The molecule has 314 valence electrons. The molecule has 1 amide bonds. The zero-order chi connectivity index (χ0) is 40.8. The van der Waals surface area contributed by atoms with Crippen molar-refractivity contribution in [3.8, 4) is 0 Å². The van der Waals surface area contributed by atoms with Gasteiger partial charge in [0.05, 0.1) is 23.7 Å². The molecule has 6 nitrogen and oxygen atoms in total. The van der Waals surface area contributed by atoms with Crippen molar-refractivity contribution in [2.75, 3.05) is 20.7 Å². The van der Waals surface area contributed by atoms with Crippen LogP contribution in [0.2, 0.25) is 36.3 Å². The lowest BCUT2D eigenvalue weighted by molar-refractivity contribution is -0.193. The quantitative estimate of drug-likeness (QED) is 0.145. The molecule has 4 saturated carbocycles. The van der Waals surface area contributed by atoms with Crippen LogP contribution in [0.15, 0.2) is 35.5 Å². The summed E-state index contributed by atoms with van der Waals surface area (Å²) in [6.07, 6.45) is 23.8. The molecule has 5 rings (SSSR count). The minimum atomic E-state index is -1.92. The Hall–Kier alpha value is -1.04. The number of nitrogens with zero attached hydrogens (tertiary/aromatic N) is 1. The van der Waals surface area contributed by atoms with Gasteiger partial charge in [0.15, 0.2) is 22.9 Å². The summed E-state index contributed by atoms with van der Waals surface area (Å²) in [6.45, 7) is 32.0. The van der Waals surface area contributed by atoms with Gasteiger partial charge in [0.2, 0.25) is 5.91 Å². The SMILES string of the molecule is CN(C)C(=O)C1(C(/C=C/C(C)(C)[C@H]2CC[C@H]3/C(=C/C=C4C[C@@H](O[Si](C)(C)C(C)(C)C)C[C@H](O[Si](C)(C)C(C)(C)C)C4)CCC[C@]23C)OC2CCCCO2)CC1. The molecule has 1 aliphatic heterocycles. The van der Waals surface area contributed by atoms with Crippen molar-refractivity contribution in [1.82, 2.24) is 4.90 Å². The smallest absolute Gasteiger partial charge is 0.231 e. The Balaban J connectivity index is 1.36. The fraction of sp³-hybridized carbons (Fsp3) is 0.851. The number of carbonyl (C=O) groups excluding carboxylic acids is 1. The summed E-state index contributed by atoms with van der Waals surface area (Å²) in [6, 6.07) is 0. The van der Waals surface area contributed by atoms with E-state index in [1.54, 1.807) is 10.5 Å². The topological polar surface area (TPSA) is 57.2 Å². The minimum Gasteiger partial charge on any atom is -0.414 e. The highest BCUT2D eigenvalue weighted by molar-refractivity contribution is 6.74. The van der Waals surface area contributed by atoms with Crippen LogP contribution in [-0.2, 0) is 23.1 Å². The molecule has 0 aromatic rings. The molecule has 0 aromatic carbocycles. The molecule has 2 unspecified atom stereocenters. The van der Waals surface area contributed by atoms with Crippen molar-refractivity contribution in [3.05, 3.63) is 35.5 Å². The molecule has 4 aliphatic carbocycles. The molecular formula is C47H83NO5Si2. The maximum absolute atomic E-state index is 13.5. The Morgan fingerprint density at radius 2 is 1.44 bits per heavy atom. The number of rotatable bonds is 12. The molecule has 0 radical (unpaired) electrons. The summed E-state index contributed by atoms with van der Waals surface area (Å²) in [4.78, 5) is 15.3. The first-order valence-electron chi connectivity index (χ1n) is 22.2. The zero-order valence-electron chi connectivity index (χ0n) is 38.2. The van der Waals surface area contributed by atoms with E-state index in [0.29, 0.717) is 11.8 Å². The van der Waals surface area contributed by atoms with Gasteiger partial charge in [-0.05, 0) is 142 Å². The third kappa shape index (κ3) is 10.1. The number of amides is 1. The highest BCUT2D eigenvalue weighted by Crippen LogP contribution is 2.62. The van der Waals surface area contributed by atoms with Gasteiger partial charge in [0, 0.05) is 20.7 Å². The summed E-state index contributed by atoms with van der Waals surface area (Å²) in [5.74, 6) is 1.35. The second kappa shape index (κ2) is 16.5. The van der Waals surface area contributed by atoms with Gasteiger partial charge in [-0.1, -0.05) is 97.8 Å². The lowest BCUT2D eigenvalue weighted by atomic mass is 9.57. The standard InChI is InChI=1S/C47H83NO5Si2/c1-43(2,3)54(12,13)52-36-31-34(32-37(33-36)53-55(14,15)44(4,5)6)21-22-35-19-18-26-46(9)38(35)23-24-39(46)45(7,8)27-25-40(51-41-20-16-17-30-50-41)47(28-29-47)42(49)48(10)11/h21-22,25,27,36-41H,16-20,23-24,26,28-33H2,1-15H3/b27-25+,35-22+/t36-,37-,38+,39-,40?,41?,46+/m1/s1. The predicted molar refractivity (Wildman–Crippen MR) is 234 cm³/mol. The Morgan fingerprint density at radius 3 is 1.95 bits per heavy atom. The van der Waals surface area contributed by atoms with Crippen LogP contribution in [-0.4, -0.2) is 72.7 Å². The van der Waals surface area contributed by atoms with E-state index in [-0.39, 0.29) is 51.4 Å². The molecular weight excluding hydrogens is 715 g/mol. The lowest BCUT2D eigenvalue weighted by Gasteiger charge is -2.47. The van der Waals surface area contributed by atoms with E-state index in [2.05, 4.69) is 113 Å². The average Bonchev–Trinajstić information content (AvgIpc) is 3.78. The number of hydrogen-bond donors (Lipinski definition) is 0. The van der Waals surface area contributed by atoms with Crippen LogP contribution >= 0.6 is 0 Å². The normalized spacial score (nSPS) is 32.1. The van der Waals surface area contributed by atoms with Gasteiger partial charge in [0.1, 0.15) is 0 Å². The summed E-state index contributed by atoms with van der Waals surface area (Å²) in [5, 5.41) is 0.364. The van der Waals surface area contributed by atoms with Crippen LogP contribution < -0.4 is 0 Å². The van der Waals surface area contributed by atoms with Crippen molar-refractivity contribution in [2.24, 2.45) is 28.1 Å². The van der Waals surface area contributed by atoms with Crippen molar-refractivity contribution < 1.29 is 23.1 Å². The van der Waals surface area contributed by atoms with Gasteiger partial charge in [-0.3, -0.25) is 4.79 Å². The van der Waals surface area contributed by atoms with E-state index < -0.39 is 22.0 Å². The van der Waals surface area contributed by atoms with E-state index in [4.69, 9.17) is 18.3 Å². The Labute approximate surface area is 340 Å². The highest BCUT2D eigenvalue weighted by Gasteiger charge is 2.58. The molecule has 5 aliphatic rings. The Morgan fingerprint density at radius 1 is 0.836 bits per heavy atom. The van der Waals surface area contributed by atoms with Crippen LogP contribution in [0.5, 0.6) is 0 Å². The van der Waals surface area contributed by atoms with Gasteiger partial charge in [-0.15, -0.1) is 0 Å². The van der Waals surface area contributed by atoms with E-state index >= 15 is 0 Å². The fourth-order valence-electron chi connectivity index (χ4n) is 10.3. The van der Waals surface area contributed by atoms with E-state index in [1.807, 2.05) is 14.1 Å². The van der Waals surface area contributed by atoms with Crippen LogP contribution in [0.1, 0.15) is 146 Å². The van der Waals surface area contributed by atoms with Crippen molar-refractivity contribution >= 4 is 22.5 Å². The van der Waals surface area contributed by atoms with Gasteiger partial charge in [-0.25, -0.2) is 0 Å². The second-order valence-corrected chi connectivity index (χ2v) is 32.2. The largest absolute Gasteiger partial charge is 0.414 e. The maximum atomic E-state index is 13.5. The van der Waals surface area contributed by atoms with Crippen molar-refractivity contribution in [1.29, 1.82) is 0 Å². The van der Waals surface area contributed by atoms with E-state index in [1.165, 1.54) is 37.7 Å². The zero-order valence-corrected chi connectivity index (χ0v) is 40.2. The number of hydrogen-bond acceptors (Lipinski definition) is 5. The van der Waals surface area contributed by atoms with Crippen molar-refractivity contribution in [3.63, 3.8) is 0 Å². The van der Waals surface area contributed by atoms with Crippen LogP contribution in [0, 0.1) is 28.1 Å². The first kappa shape index (κ1) is 45.1. The molecule has 5 fully saturated rings. The van der Waals surface area contributed by atoms with Gasteiger partial charge in [-0.2, -0.15) is 0 Å². The maximum Gasteiger partial charge on any atom is 0.231 e. The van der Waals surface area contributed by atoms with E-state index in [0.717, 1.165) is 58.0 Å². The highest BCUT2D eigenvalue weighted by atomic mass is 28.4. The van der Waals surface area contributed by atoms with E-state index in [9.17, 15) is 4.79 Å². The molecule has 55 heavy (non-hydrogen) atoms. The van der Waals surface area contributed by atoms with Crippen molar-refractivity contribution in [2.45, 2.75) is 207 Å². The Kier molecular flexibility index (Phi) is 13.6. The fourth-order valence-corrected chi connectivity index (χ4v) is 13.0. The number of ether oxygens (including phenoxy) is 2. The minimum absolute atomic E-state index is 0.0251. The second-order valence-electron chi connectivity index (χ2n) is 22.6. The van der Waals surface area contributed by atoms with Crippen LogP contribution in [0.25, 0.3) is 0 Å². The predicted octanol–water partition coefficient (Wildman–Crippen LogP) is 12.4. The summed E-state index contributed by atoms with van der Waals surface area (Å²) in [5.41, 5.74) is 2.91. The first-order valence-corrected chi connectivity index (χ1v) is 28.1. The average molecular weight is 798 g/mol. The van der Waals surface area contributed by atoms with Crippen LogP contribution in [0.4, 0.5) is 0 Å². The number of carbonyl (C=O) groups is 1. The molecule has 7 atom stereocenters. The molecule has 0 spiro atoms. The molecule has 0 aromatic heterocycles. The number of allylic oxidation sites excluding steroid dienone is 4. The Bertz CT molecular complexity index is 1400. The first-order chi connectivity index (χ1) is 25.3. The molecule has 0 bridgehead atoms. The van der Waals surface area contributed by atoms with Gasteiger partial charge in [0.25, 0.3) is 0 Å². The third-order valence-electron chi connectivity index (χ3n) is 15.7. The summed E-state index contributed by atoms with van der Waals surface area (Å²) in [7, 11) is -0.0885.